The van der Waals surface area contributed by atoms with Gasteiger partial charge in [0.2, 0.25) is 0 Å². The lowest BCUT2D eigenvalue weighted by Crippen LogP contribution is -2.49. The minimum absolute atomic E-state index is 0.270. The second-order valence-corrected chi connectivity index (χ2v) is 5.29. The van der Waals surface area contributed by atoms with Gasteiger partial charge in [-0.1, -0.05) is 11.6 Å². The van der Waals surface area contributed by atoms with Crippen LogP contribution in [0.5, 0.6) is 0 Å². The van der Waals surface area contributed by atoms with Crippen molar-refractivity contribution >= 4 is 28.9 Å². The molecule has 0 amide bonds. The zero-order valence-corrected chi connectivity index (χ0v) is 11.1. The molecular weight excluding hydrogens is 282 g/mol. The third kappa shape index (κ3) is 3.06. The molecule has 18 heavy (non-hydrogen) atoms. The van der Waals surface area contributed by atoms with E-state index in [1.807, 2.05) is 0 Å². The molecule has 1 aliphatic heterocycles. The third-order valence-electron chi connectivity index (χ3n) is 2.20. The Kier molecular flexibility index (Phi) is 3.94. The predicted octanol–water partition coefficient (Wildman–Crippen LogP) is 0.915. The number of guanidine groups is 1. The molecule has 8 nitrogen and oxygen atoms in total. The summed E-state index contributed by atoms with van der Waals surface area (Å²) in [7, 11) is 1.70. The van der Waals surface area contributed by atoms with Crippen LogP contribution in [0.4, 0.5) is 0 Å². The van der Waals surface area contributed by atoms with Crippen molar-refractivity contribution in [2.75, 3.05) is 20.5 Å². The normalized spacial score (nSPS) is 18.4. The van der Waals surface area contributed by atoms with Crippen molar-refractivity contribution < 1.29 is 15.0 Å². The summed E-state index contributed by atoms with van der Waals surface area (Å²) in [5.41, 5.74) is 0. The van der Waals surface area contributed by atoms with Gasteiger partial charge in [-0.25, -0.2) is 10.2 Å². The highest BCUT2D eigenvalue weighted by Crippen LogP contribution is 2.20. The summed E-state index contributed by atoms with van der Waals surface area (Å²) >= 11 is 7.08. The zero-order chi connectivity index (χ0) is 13.1. The van der Waals surface area contributed by atoms with Crippen molar-refractivity contribution in [2.45, 2.75) is 6.54 Å². The summed E-state index contributed by atoms with van der Waals surface area (Å²) < 4.78 is 5.75. The molecule has 0 atom stereocenters. The fourth-order valence-corrected chi connectivity index (χ4v) is 2.52. The Balaban J connectivity index is 2.15. The van der Waals surface area contributed by atoms with E-state index < -0.39 is 5.03 Å². The molecule has 0 aromatic carbocycles. The van der Waals surface area contributed by atoms with E-state index in [-0.39, 0.29) is 6.73 Å². The van der Waals surface area contributed by atoms with Crippen LogP contribution >= 0.6 is 22.9 Å². The van der Waals surface area contributed by atoms with Crippen LogP contribution in [-0.2, 0) is 11.3 Å². The van der Waals surface area contributed by atoms with Crippen LogP contribution in [-0.4, -0.2) is 51.5 Å². The van der Waals surface area contributed by atoms with Crippen molar-refractivity contribution in [2.24, 2.45) is 5.10 Å². The van der Waals surface area contributed by atoms with Crippen molar-refractivity contribution in [1.29, 1.82) is 0 Å². The quantitative estimate of drug-likeness (QED) is 0.834. The molecule has 2 heterocycles. The van der Waals surface area contributed by atoms with Crippen molar-refractivity contribution in [1.82, 2.24) is 14.8 Å². The molecule has 10 heteroatoms. The average molecular weight is 293 g/mol. The minimum Gasteiger partial charge on any atom is -0.341 e. The molecule has 0 saturated carbocycles. The van der Waals surface area contributed by atoms with Crippen molar-refractivity contribution in [3.8, 4) is 0 Å². The Labute approximate surface area is 112 Å². The maximum Gasteiger partial charge on any atom is 0.391 e. The molecule has 1 aromatic rings. The van der Waals surface area contributed by atoms with Gasteiger partial charge in [0.1, 0.15) is 23.5 Å². The summed E-state index contributed by atoms with van der Waals surface area (Å²) in [5, 5.41) is 11.7. The number of hydrazone groups is 1. The van der Waals surface area contributed by atoms with Gasteiger partial charge in [0.25, 0.3) is 5.96 Å². The number of nitrogens with zero attached hydrogens (tertiary/aromatic N) is 5. The Morgan fingerprint density at radius 1 is 1.72 bits per heavy atom. The van der Waals surface area contributed by atoms with Gasteiger partial charge in [-0.05, 0) is 0 Å². The molecule has 1 fully saturated rings. The number of halogens is 1. The number of aromatic nitrogens is 1. The van der Waals surface area contributed by atoms with Crippen LogP contribution in [0.2, 0.25) is 4.47 Å². The maximum atomic E-state index is 10.6. The van der Waals surface area contributed by atoms with Crippen LogP contribution in [0.15, 0.2) is 11.3 Å². The van der Waals surface area contributed by atoms with Gasteiger partial charge < -0.3 is 14.5 Å². The molecule has 0 spiro atoms. The minimum atomic E-state index is -0.468. The second-order valence-electron chi connectivity index (χ2n) is 3.59. The molecule has 1 aliphatic rings. The molecule has 1 saturated heterocycles. The van der Waals surface area contributed by atoms with Crippen molar-refractivity contribution in [3.63, 3.8) is 0 Å². The molecule has 1 N–H and O–H groups in total. The van der Waals surface area contributed by atoms with E-state index in [2.05, 4.69) is 10.1 Å². The fraction of sp³-hybridized carbons (Fsp3) is 0.500. The summed E-state index contributed by atoms with van der Waals surface area (Å²) in [6, 6.07) is 0. The van der Waals surface area contributed by atoms with E-state index in [9.17, 15) is 4.91 Å². The number of hydrogen-bond donors (Lipinski definition) is 1. The predicted molar refractivity (Wildman–Crippen MR) is 64.1 cm³/mol. The van der Waals surface area contributed by atoms with Gasteiger partial charge in [0.15, 0.2) is 4.47 Å². The van der Waals surface area contributed by atoms with Crippen LogP contribution in [0.1, 0.15) is 4.88 Å². The lowest BCUT2D eigenvalue weighted by atomic mass is 10.5. The highest BCUT2D eigenvalue weighted by atomic mass is 35.5. The summed E-state index contributed by atoms with van der Waals surface area (Å²) in [6.45, 7) is 1.01. The SMILES string of the molecule is CN1COCN(Cc2cnc(Cl)s2)C1=N[N+](=O)O. The molecule has 0 aliphatic carbocycles. The van der Waals surface area contributed by atoms with Gasteiger partial charge >= 0.3 is 5.03 Å². The smallest absolute Gasteiger partial charge is 0.341 e. The van der Waals surface area contributed by atoms with Gasteiger partial charge in [0, 0.05) is 18.1 Å². The maximum absolute atomic E-state index is 10.6. The molecule has 98 valence electrons. The van der Waals surface area contributed by atoms with E-state index in [1.54, 1.807) is 23.0 Å². The van der Waals surface area contributed by atoms with E-state index in [1.165, 1.54) is 11.3 Å². The summed E-state index contributed by atoms with van der Waals surface area (Å²) in [4.78, 5) is 18.7. The summed E-state index contributed by atoms with van der Waals surface area (Å²) in [5.74, 6) is 0.322. The van der Waals surface area contributed by atoms with Crippen LogP contribution in [0.25, 0.3) is 0 Å². The molecule has 0 radical (unpaired) electrons. The first kappa shape index (κ1) is 13.0. The largest absolute Gasteiger partial charge is 0.391 e. The van der Waals surface area contributed by atoms with E-state index >= 15 is 0 Å². The van der Waals surface area contributed by atoms with Crippen molar-refractivity contribution in [3.05, 3.63) is 20.4 Å². The van der Waals surface area contributed by atoms with E-state index in [0.29, 0.717) is 23.7 Å². The zero-order valence-electron chi connectivity index (χ0n) is 9.48. The number of thiazole rings is 1. The first-order valence-corrected chi connectivity index (χ1v) is 6.14. The Bertz CT molecular complexity index is 479. The lowest BCUT2D eigenvalue weighted by Gasteiger charge is -2.33. The molecule has 1 aromatic heterocycles. The second kappa shape index (κ2) is 5.46. The van der Waals surface area contributed by atoms with Crippen LogP contribution in [0, 0.1) is 4.91 Å². The van der Waals surface area contributed by atoms with Crippen LogP contribution < -0.4 is 0 Å². The number of ether oxygens (including phenoxy) is 1. The van der Waals surface area contributed by atoms with Gasteiger partial charge in [-0.15, -0.1) is 11.3 Å². The molecular formula is C8H11ClN5O3S+. The topological polar surface area (TPSA) is 81.3 Å². The van der Waals surface area contributed by atoms with Gasteiger partial charge in [-0.3, -0.25) is 0 Å². The average Bonchev–Trinajstić information content (AvgIpc) is 2.69. The molecule has 2 rings (SSSR count). The first-order chi connectivity index (χ1) is 8.56. The number of hydrogen-bond acceptors (Lipinski definition) is 4. The molecule has 0 unspecified atom stereocenters. The summed E-state index contributed by atoms with van der Waals surface area (Å²) in [6.07, 6.45) is 1.65. The Morgan fingerprint density at radius 2 is 2.50 bits per heavy atom. The third-order valence-corrected chi connectivity index (χ3v) is 3.30. The first-order valence-electron chi connectivity index (χ1n) is 4.95. The molecule has 0 bridgehead atoms. The Hall–Kier alpha value is -1.45. The standard InChI is InChI=1S/C8H11ClN5O3S/c1-12-4-17-5-13(8(12)11-14(15)16)3-6-2-10-7(9)18-6/h2H,3-5H2,1H3,(H,15,16)/q+1. The highest BCUT2D eigenvalue weighted by Gasteiger charge is 2.26. The van der Waals surface area contributed by atoms with E-state index in [4.69, 9.17) is 21.5 Å². The van der Waals surface area contributed by atoms with Crippen LogP contribution in [0.3, 0.4) is 0 Å². The van der Waals surface area contributed by atoms with Gasteiger partial charge in [0.05, 0.1) is 6.54 Å². The monoisotopic (exact) mass is 292 g/mol. The highest BCUT2D eigenvalue weighted by molar-refractivity contribution is 7.15. The Morgan fingerprint density at radius 3 is 3.11 bits per heavy atom. The van der Waals surface area contributed by atoms with Gasteiger partial charge in [-0.2, -0.15) is 0 Å². The van der Waals surface area contributed by atoms with E-state index in [0.717, 1.165) is 4.88 Å². The number of rotatable bonds is 3. The lowest BCUT2D eigenvalue weighted by molar-refractivity contribution is -0.797. The fourth-order valence-electron chi connectivity index (χ4n) is 1.52.